The van der Waals surface area contributed by atoms with E-state index in [4.69, 9.17) is 0 Å². The summed E-state index contributed by atoms with van der Waals surface area (Å²) in [7, 11) is -2.82. The van der Waals surface area contributed by atoms with Crippen LogP contribution in [0.2, 0.25) is 0 Å². The highest BCUT2D eigenvalue weighted by molar-refractivity contribution is 7.90. The lowest BCUT2D eigenvalue weighted by Gasteiger charge is -2.47. The fourth-order valence-corrected chi connectivity index (χ4v) is 3.35. The predicted octanol–water partition coefficient (Wildman–Crippen LogP) is 0.885. The van der Waals surface area contributed by atoms with Crippen molar-refractivity contribution in [2.45, 2.75) is 38.6 Å². The van der Waals surface area contributed by atoms with Gasteiger partial charge in [0.05, 0.1) is 5.75 Å². The van der Waals surface area contributed by atoms with Crippen LogP contribution >= 0.6 is 0 Å². The molecule has 0 atom stereocenters. The molecule has 0 aromatic rings. The van der Waals surface area contributed by atoms with E-state index >= 15 is 0 Å². The molecule has 0 aliphatic carbocycles. The van der Waals surface area contributed by atoms with Crippen LogP contribution in [0.4, 0.5) is 0 Å². The van der Waals surface area contributed by atoms with E-state index in [2.05, 4.69) is 24.1 Å². The Morgan fingerprint density at radius 3 is 2.47 bits per heavy atom. The van der Waals surface area contributed by atoms with Gasteiger partial charge in [-0.2, -0.15) is 0 Å². The molecule has 1 saturated heterocycles. The minimum absolute atomic E-state index is 0.232. The van der Waals surface area contributed by atoms with E-state index in [1.807, 2.05) is 0 Å². The molecule has 0 unspecified atom stereocenters. The van der Waals surface area contributed by atoms with Gasteiger partial charge in [0.1, 0.15) is 9.84 Å². The Hall–Kier alpha value is -0.130. The molecule has 0 bridgehead atoms. The van der Waals surface area contributed by atoms with Crippen LogP contribution in [0.25, 0.3) is 0 Å². The topological polar surface area (TPSA) is 49.4 Å². The van der Waals surface area contributed by atoms with E-state index in [-0.39, 0.29) is 5.54 Å². The fraction of sp³-hybridized carbons (Fsp3) is 1.00. The molecule has 102 valence electrons. The van der Waals surface area contributed by atoms with Gasteiger partial charge in [-0.3, -0.25) is 4.90 Å². The van der Waals surface area contributed by atoms with Crippen LogP contribution in [0.1, 0.15) is 33.1 Å². The maximum absolute atomic E-state index is 11.1. The number of nitrogens with zero attached hydrogens (tertiary/aromatic N) is 1. The van der Waals surface area contributed by atoms with Crippen molar-refractivity contribution in [3.8, 4) is 0 Å². The SMILES string of the molecule is CCC1(CC)CNCCN1CCCS(C)(=O)=O. The summed E-state index contributed by atoms with van der Waals surface area (Å²) in [5.74, 6) is 0.306. The van der Waals surface area contributed by atoms with Gasteiger partial charge in [0, 0.05) is 31.4 Å². The fourth-order valence-electron chi connectivity index (χ4n) is 2.70. The van der Waals surface area contributed by atoms with Crippen molar-refractivity contribution in [3.05, 3.63) is 0 Å². The third-order valence-corrected chi connectivity index (χ3v) is 4.97. The molecule has 1 rings (SSSR count). The van der Waals surface area contributed by atoms with Crippen LogP contribution in [0.3, 0.4) is 0 Å². The van der Waals surface area contributed by atoms with Crippen LogP contribution in [-0.2, 0) is 9.84 Å². The summed E-state index contributed by atoms with van der Waals surface area (Å²) in [5.41, 5.74) is 0.232. The number of piperazine rings is 1. The van der Waals surface area contributed by atoms with Crippen LogP contribution in [0, 0.1) is 0 Å². The number of nitrogens with one attached hydrogen (secondary N) is 1. The monoisotopic (exact) mass is 262 g/mol. The largest absolute Gasteiger partial charge is 0.314 e. The van der Waals surface area contributed by atoms with Crippen molar-refractivity contribution in [3.63, 3.8) is 0 Å². The van der Waals surface area contributed by atoms with Gasteiger partial charge >= 0.3 is 0 Å². The minimum Gasteiger partial charge on any atom is -0.314 e. The maximum Gasteiger partial charge on any atom is 0.147 e. The smallest absolute Gasteiger partial charge is 0.147 e. The lowest BCUT2D eigenvalue weighted by molar-refractivity contribution is 0.0525. The second kappa shape index (κ2) is 6.16. The molecule has 1 aliphatic heterocycles. The van der Waals surface area contributed by atoms with Crippen molar-refractivity contribution in [2.24, 2.45) is 0 Å². The zero-order valence-electron chi connectivity index (χ0n) is 11.3. The molecule has 1 aliphatic rings. The Morgan fingerprint density at radius 2 is 1.94 bits per heavy atom. The Balaban J connectivity index is 2.54. The van der Waals surface area contributed by atoms with Crippen LogP contribution in [0.5, 0.6) is 0 Å². The summed E-state index contributed by atoms with van der Waals surface area (Å²) >= 11 is 0. The first-order valence-electron chi connectivity index (χ1n) is 6.57. The van der Waals surface area contributed by atoms with E-state index in [9.17, 15) is 8.42 Å². The molecule has 0 spiro atoms. The Morgan fingerprint density at radius 1 is 1.29 bits per heavy atom. The van der Waals surface area contributed by atoms with Gasteiger partial charge in [-0.15, -0.1) is 0 Å². The van der Waals surface area contributed by atoms with Gasteiger partial charge in [0.2, 0.25) is 0 Å². The lowest BCUT2D eigenvalue weighted by atomic mass is 9.88. The van der Waals surface area contributed by atoms with E-state index in [0.717, 1.165) is 45.4 Å². The first-order chi connectivity index (χ1) is 7.93. The minimum atomic E-state index is -2.82. The second-order valence-electron chi connectivity index (χ2n) is 5.08. The Bertz CT molecular complexity index is 323. The molecule has 0 amide bonds. The van der Waals surface area contributed by atoms with Crippen molar-refractivity contribution in [1.29, 1.82) is 0 Å². The molecule has 5 heteroatoms. The highest BCUT2D eigenvalue weighted by atomic mass is 32.2. The van der Waals surface area contributed by atoms with Crippen LogP contribution < -0.4 is 5.32 Å². The van der Waals surface area contributed by atoms with Gasteiger partial charge in [0.15, 0.2) is 0 Å². The summed E-state index contributed by atoms with van der Waals surface area (Å²) in [6.07, 6.45) is 4.31. The Labute approximate surface area is 106 Å². The van der Waals surface area contributed by atoms with E-state index < -0.39 is 9.84 Å². The number of rotatable bonds is 6. The third-order valence-electron chi connectivity index (χ3n) is 3.94. The number of sulfone groups is 1. The van der Waals surface area contributed by atoms with E-state index in [1.165, 1.54) is 6.26 Å². The molecular weight excluding hydrogens is 236 g/mol. The average Bonchev–Trinajstić information content (AvgIpc) is 2.28. The van der Waals surface area contributed by atoms with Crippen LogP contribution in [0.15, 0.2) is 0 Å². The molecular formula is C12H26N2O2S. The highest BCUT2D eigenvalue weighted by Crippen LogP contribution is 2.25. The first-order valence-corrected chi connectivity index (χ1v) is 8.63. The standard InChI is InChI=1S/C12H26N2O2S/c1-4-12(5-2)11-13-7-9-14(12)8-6-10-17(3,15)16/h13H,4-11H2,1-3H3. The summed E-state index contributed by atoms with van der Waals surface area (Å²) in [6.45, 7) is 8.42. The van der Waals surface area contributed by atoms with Crippen molar-refractivity contribution >= 4 is 9.84 Å². The molecule has 0 aromatic carbocycles. The quantitative estimate of drug-likeness (QED) is 0.772. The predicted molar refractivity (Wildman–Crippen MR) is 72.1 cm³/mol. The molecule has 17 heavy (non-hydrogen) atoms. The van der Waals surface area contributed by atoms with Gasteiger partial charge in [-0.1, -0.05) is 13.8 Å². The third kappa shape index (κ3) is 4.23. The van der Waals surface area contributed by atoms with Crippen molar-refractivity contribution < 1.29 is 8.42 Å². The zero-order valence-corrected chi connectivity index (χ0v) is 12.1. The maximum atomic E-state index is 11.1. The van der Waals surface area contributed by atoms with E-state index in [0.29, 0.717) is 5.75 Å². The zero-order chi connectivity index (χ0) is 12.9. The van der Waals surface area contributed by atoms with Gasteiger partial charge in [-0.05, 0) is 25.8 Å². The molecule has 4 nitrogen and oxygen atoms in total. The normalized spacial score (nSPS) is 21.6. The summed E-state index contributed by atoms with van der Waals surface area (Å²) in [6, 6.07) is 0. The van der Waals surface area contributed by atoms with Crippen molar-refractivity contribution in [2.75, 3.05) is 38.2 Å². The number of hydrogen-bond acceptors (Lipinski definition) is 4. The Kier molecular flexibility index (Phi) is 5.41. The molecule has 1 heterocycles. The number of hydrogen-bond donors (Lipinski definition) is 1. The lowest BCUT2D eigenvalue weighted by Crippen LogP contribution is -2.60. The van der Waals surface area contributed by atoms with Crippen molar-refractivity contribution in [1.82, 2.24) is 10.2 Å². The van der Waals surface area contributed by atoms with Gasteiger partial charge in [-0.25, -0.2) is 8.42 Å². The first kappa shape index (κ1) is 14.9. The highest BCUT2D eigenvalue weighted by Gasteiger charge is 2.35. The molecule has 0 radical (unpaired) electrons. The second-order valence-corrected chi connectivity index (χ2v) is 7.34. The van der Waals surface area contributed by atoms with Gasteiger partial charge < -0.3 is 5.32 Å². The van der Waals surface area contributed by atoms with Gasteiger partial charge in [0.25, 0.3) is 0 Å². The molecule has 1 N–H and O–H groups in total. The summed E-state index contributed by atoms with van der Waals surface area (Å²) in [5, 5.41) is 3.45. The summed E-state index contributed by atoms with van der Waals surface area (Å²) < 4.78 is 22.3. The molecule has 0 saturated carbocycles. The molecule has 1 fully saturated rings. The van der Waals surface area contributed by atoms with Crippen LogP contribution in [-0.4, -0.2) is 57.0 Å². The average molecular weight is 262 g/mol. The summed E-state index contributed by atoms with van der Waals surface area (Å²) in [4.78, 5) is 2.48. The molecule has 0 aromatic heterocycles. The van der Waals surface area contributed by atoms with E-state index in [1.54, 1.807) is 0 Å².